The monoisotopic (exact) mass is 440 g/mol. The van der Waals surface area contributed by atoms with Crippen molar-refractivity contribution >= 4 is 16.9 Å². The van der Waals surface area contributed by atoms with Gasteiger partial charge in [0.1, 0.15) is 0 Å². The van der Waals surface area contributed by atoms with E-state index >= 15 is 0 Å². The molecule has 1 aromatic heterocycles. The number of carbonyl (C=O) groups is 1. The summed E-state index contributed by atoms with van der Waals surface area (Å²) in [5.41, 5.74) is 11.9. The summed E-state index contributed by atoms with van der Waals surface area (Å²) in [4.78, 5) is 29.2. The van der Waals surface area contributed by atoms with Crippen LogP contribution in [0.25, 0.3) is 22.2 Å². The second-order valence-corrected chi connectivity index (χ2v) is 8.92. The quantitative estimate of drug-likeness (QED) is 0.356. The van der Waals surface area contributed by atoms with Gasteiger partial charge in [0.15, 0.2) is 0 Å². The topological polar surface area (TPSA) is 104 Å². The van der Waals surface area contributed by atoms with Crippen LogP contribution in [0.4, 0.5) is 0 Å². The molecule has 1 saturated carbocycles. The SMILES string of the molecule is NC(=O)c1cc2[nH]c(=O)[nH]c2cc1C1CCC(NCc2ccc(-c3ccccc3)cc2)CC1. The summed E-state index contributed by atoms with van der Waals surface area (Å²) in [6, 6.07) is 23.2. The molecule has 1 heterocycles. The number of benzene rings is 3. The lowest BCUT2D eigenvalue weighted by Gasteiger charge is -2.30. The number of H-pyrrole nitrogens is 2. The maximum atomic E-state index is 12.1. The van der Waals surface area contributed by atoms with Crippen molar-refractivity contribution in [2.24, 2.45) is 5.73 Å². The van der Waals surface area contributed by atoms with Crippen LogP contribution in [-0.4, -0.2) is 21.9 Å². The fourth-order valence-corrected chi connectivity index (χ4v) is 4.97. The summed E-state index contributed by atoms with van der Waals surface area (Å²) in [5.74, 6) is -0.188. The van der Waals surface area contributed by atoms with Gasteiger partial charge >= 0.3 is 5.69 Å². The molecule has 4 aromatic rings. The van der Waals surface area contributed by atoms with Gasteiger partial charge in [-0.05, 0) is 66.0 Å². The second-order valence-electron chi connectivity index (χ2n) is 8.92. The first kappa shape index (κ1) is 21.2. The van der Waals surface area contributed by atoms with Crippen molar-refractivity contribution in [1.82, 2.24) is 15.3 Å². The predicted molar refractivity (Wildman–Crippen MR) is 131 cm³/mol. The molecular formula is C27H28N4O2. The standard InChI is InChI=1S/C27H28N4O2/c28-26(32)23-15-25-24(30-27(33)31-25)14-22(23)20-10-12-21(13-11-20)29-16-17-6-8-19(9-7-17)18-4-2-1-3-5-18/h1-9,14-15,20-21,29H,10-13,16H2,(H2,28,32)(H2,30,31,33). The second kappa shape index (κ2) is 9.08. The van der Waals surface area contributed by atoms with E-state index in [0.29, 0.717) is 17.1 Å². The number of aromatic nitrogens is 2. The van der Waals surface area contributed by atoms with Gasteiger partial charge in [-0.15, -0.1) is 0 Å². The van der Waals surface area contributed by atoms with E-state index < -0.39 is 5.91 Å². The van der Waals surface area contributed by atoms with Crippen LogP contribution in [0.15, 0.2) is 71.5 Å². The predicted octanol–water partition coefficient (Wildman–Crippen LogP) is 4.44. The number of carbonyl (C=O) groups excluding carboxylic acids is 1. The van der Waals surface area contributed by atoms with Gasteiger partial charge in [0.05, 0.1) is 11.0 Å². The molecule has 1 aliphatic carbocycles. The zero-order chi connectivity index (χ0) is 22.8. The Morgan fingerprint density at radius 2 is 1.52 bits per heavy atom. The molecule has 0 spiro atoms. The first-order valence-electron chi connectivity index (χ1n) is 11.5. The summed E-state index contributed by atoms with van der Waals surface area (Å²) in [7, 11) is 0. The fraction of sp³-hybridized carbons (Fsp3) is 0.259. The summed E-state index contributed by atoms with van der Waals surface area (Å²) in [5, 5.41) is 3.70. The van der Waals surface area contributed by atoms with Crippen LogP contribution in [0.3, 0.4) is 0 Å². The van der Waals surface area contributed by atoms with E-state index in [0.717, 1.165) is 43.3 Å². The number of primary amides is 1. The molecule has 33 heavy (non-hydrogen) atoms. The summed E-state index contributed by atoms with van der Waals surface area (Å²) >= 11 is 0. The van der Waals surface area contributed by atoms with Crippen LogP contribution in [0, 0.1) is 0 Å². The molecule has 0 bridgehead atoms. The maximum Gasteiger partial charge on any atom is 0.323 e. The van der Waals surface area contributed by atoms with Gasteiger partial charge in [-0.1, -0.05) is 54.6 Å². The first-order valence-corrected chi connectivity index (χ1v) is 11.5. The Hall–Kier alpha value is -3.64. The summed E-state index contributed by atoms with van der Waals surface area (Å²) < 4.78 is 0. The number of hydrogen-bond donors (Lipinski definition) is 4. The molecule has 6 nitrogen and oxygen atoms in total. The van der Waals surface area contributed by atoms with Crippen molar-refractivity contribution in [2.75, 3.05) is 0 Å². The van der Waals surface area contributed by atoms with Crippen LogP contribution in [-0.2, 0) is 6.54 Å². The molecule has 5 N–H and O–H groups in total. The number of aromatic amines is 2. The lowest BCUT2D eigenvalue weighted by atomic mass is 9.79. The Labute approximate surface area is 192 Å². The number of amides is 1. The highest BCUT2D eigenvalue weighted by molar-refractivity contribution is 5.98. The highest BCUT2D eigenvalue weighted by atomic mass is 16.1. The molecule has 6 heteroatoms. The Morgan fingerprint density at radius 1 is 0.879 bits per heavy atom. The minimum Gasteiger partial charge on any atom is -0.366 e. The minimum atomic E-state index is -0.451. The molecule has 0 aliphatic heterocycles. The average Bonchev–Trinajstić information content (AvgIpc) is 3.22. The third kappa shape index (κ3) is 4.61. The number of hydrogen-bond acceptors (Lipinski definition) is 3. The number of fused-ring (bicyclic) bond motifs is 1. The summed E-state index contributed by atoms with van der Waals surface area (Å²) in [6.45, 7) is 0.841. The van der Waals surface area contributed by atoms with Crippen molar-refractivity contribution < 1.29 is 4.79 Å². The van der Waals surface area contributed by atoms with Crippen molar-refractivity contribution in [3.8, 4) is 11.1 Å². The molecule has 168 valence electrons. The van der Waals surface area contributed by atoms with Crippen LogP contribution in [0.5, 0.6) is 0 Å². The van der Waals surface area contributed by atoms with Crippen LogP contribution >= 0.6 is 0 Å². The van der Waals surface area contributed by atoms with E-state index in [1.165, 1.54) is 16.7 Å². The zero-order valence-electron chi connectivity index (χ0n) is 18.4. The third-order valence-corrected chi connectivity index (χ3v) is 6.77. The molecule has 1 amide bonds. The van der Waals surface area contributed by atoms with Gasteiger partial charge in [0, 0.05) is 18.2 Å². The third-order valence-electron chi connectivity index (χ3n) is 6.77. The average molecular weight is 441 g/mol. The Balaban J connectivity index is 1.21. The number of nitrogens with two attached hydrogens (primary N) is 1. The molecule has 1 aliphatic rings. The van der Waals surface area contributed by atoms with Gasteiger partial charge in [-0.3, -0.25) is 4.79 Å². The fourth-order valence-electron chi connectivity index (χ4n) is 4.97. The first-order chi connectivity index (χ1) is 16.1. The molecule has 3 aromatic carbocycles. The Kier molecular flexibility index (Phi) is 5.84. The van der Waals surface area contributed by atoms with Gasteiger partial charge in [-0.2, -0.15) is 0 Å². The van der Waals surface area contributed by atoms with E-state index in [-0.39, 0.29) is 11.6 Å². The molecule has 0 atom stereocenters. The molecule has 1 fully saturated rings. The lowest BCUT2D eigenvalue weighted by Crippen LogP contribution is -2.32. The van der Waals surface area contributed by atoms with E-state index in [1.807, 2.05) is 12.1 Å². The Morgan fingerprint density at radius 3 is 2.18 bits per heavy atom. The minimum absolute atomic E-state index is 0.263. The lowest BCUT2D eigenvalue weighted by molar-refractivity contribution is 0.0998. The Bertz CT molecular complexity index is 1310. The number of nitrogens with one attached hydrogen (secondary N) is 3. The molecule has 0 unspecified atom stereocenters. The number of rotatable bonds is 6. The molecular weight excluding hydrogens is 412 g/mol. The van der Waals surface area contributed by atoms with Crippen molar-refractivity contribution in [3.63, 3.8) is 0 Å². The zero-order valence-corrected chi connectivity index (χ0v) is 18.4. The largest absolute Gasteiger partial charge is 0.366 e. The highest BCUT2D eigenvalue weighted by Gasteiger charge is 2.26. The van der Waals surface area contributed by atoms with Crippen LogP contribution < -0.4 is 16.7 Å². The number of imidazole rings is 1. The van der Waals surface area contributed by atoms with Gasteiger partial charge in [0.25, 0.3) is 0 Å². The van der Waals surface area contributed by atoms with Crippen molar-refractivity contribution in [1.29, 1.82) is 0 Å². The van der Waals surface area contributed by atoms with Gasteiger partial charge in [0.2, 0.25) is 5.91 Å². The van der Waals surface area contributed by atoms with Crippen LogP contribution in [0.2, 0.25) is 0 Å². The van der Waals surface area contributed by atoms with E-state index in [2.05, 4.69) is 63.8 Å². The molecule has 5 rings (SSSR count). The van der Waals surface area contributed by atoms with Gasteiger partial charge < -0.3 is 21.0 Å². The van der Waals surface area contributed by atoms with Crippen molar-refractivity contribution in [3.05, 3.63) is 93.9 Å². The summed E-state index contributed by atoms with van der Waals surface area (Å²) in [6.07, 6.45) is 4.02. The normalized spacial score (nSPS) is 18.4. The molecule has 0 radical (unpaired) electrons. The van der Waals surface area contributed by atoms with E-state index in [4.69, 9.17) is 5.73 Å². The van der Waals surface area contributed by atoms with Gasteiger partial charge in [-0.25, -0.2) is 4.79 Å². The van der Waals surface area contributed by atoms with E-state index in [1.54, 1.807) is 6.07 Å². The molecule has 0 saturated heterocycles. The van der Waals surface area contributed by atoms with Crippen LogP contribution in [0.1, 0.15) is 53.1 Å². The maximum absolute atomic E-state index is 12.1. The van der Waals surface area contributed by atoms with E-state index in [9.17, 15) is 9.59 Å². The smallest absolute Gasteiger partial charge is 0.323 e. The highest BCUT2D eigenvalue weighted by Crippen LogP contribution is 2.36. The van der Waals surface area contributed by atoms with Crippen molar-refractivity contribution in [2.45, 2.75) is 44.2 Å².